The van der Waals surface area contributed by atoms with Gasteiger partial charge in [0, 0.05) is 0 Å². The van der Waals surface area contributed by atoms with Crippen molar-refractivity contribution in [3.8, 4) is 0 Å². The van der Waals surface area contributed by atoms with E-state index in [1.54, 1.807) is 0 Å². The Balaban J connectivity index is 0.00000144. The summed E-state index contributed by atoms with van der Waals surface area (Å²) in [7, 11) is 1.34. The first kappa shape index (κ1) is 13.5. The van der Waals surface area contributed by atoms with Crippen molar-refractivity contribution in [2.45, 2.75) is 6.04 Å². The molecule has 0 radical (unpaired) electrons. The molecular formula is C13H14ClNO2. The number of carbonyl (C=O) groups is 1. The number of fused-ring (bicyclic) bond motifs is 1. The molecule has 2 rings (SSSR count). The van der Waals surface area contributed by atoms with Gasteiger partial charge in [-0.3, -0.25) is 4.79 Å². The van der Waals surface area contributed by atoms with Crippen LogP contribution >= 0.6 is 12.4 Å². The van der Waals surface area contributed by atoms with Gasteiger partial charge in [0.05, 0.1) is 7.11 Å². The molecule has 1 atom stereocenters. The Morgan fingerprint density at radius 1 is 1.18 bits per heavy atom. The lowest BCUT2D eigenvalue weighted by atomic mass is 10.0. The molecule has 3 nitrogen and oxygen atoms in total. The van der Waals surface area contributed by atoms with Crippen LogP contribution in [0.3, 0.4) is 0 Å². The Morgan fingerprint density at radius 2 is 1.82 bits per heavy atom. The first-order chi connectivity index (χ1) is 7.72. The zero-order valence-corrected chi connectivity index (χ0v) is 10.2. The molecule has 0 aromatic heterocycles. The van der Waals surface area contributed by atoms with Gasteiger partial charge in [-0.1, -0.05) is 36.4 Å². The fraction of sp³-hybridized carbons (Fsp3) is 0.154. The van der Waals surface area contributed by atoms with Gasteiger partial charge in [-0.25, -0.2) is 0 Å². The molecule has 0 bridgehead atoms. The average Bonchev–Trinajstić information content (AvgIpc) is 2.36. The van der Waals surface area contributed by atoms with Crippen LogP contribution < -0.4 is 5.73 Å². The van der Waals surface area contributed by atoms with Crippen molar-refractivity contribution in [3.63, 3.8) is 0 Å². The van der Waals surface area contributed by atoms with Crippen molar-refractivity contribution in [1.82, 2.24) is 0 Å². The average molecular weight is 252 g/mol. The molecule has 0 aliphatic carbocycles. The zero-order valence-electron chi connectivity index (χ0n) is 9.42. The van der Waals surface area contributed by atoms with Crippen molar-refractivity contribution >= 4 is 29.1 Å². The van der Waals surface area contributed by atoms with Gasteiger partial charge in [0.1, 0.15) is 6.04 Å². The maximum absolute atomic E-state index is 11.3. The summed E-state index contributed by atoms with van der Waals surface area (Å²) in [5.41, 5.74) is 6.53. The van der Waals surface area contributed by atoms with Gasteiger partial charge in [0.15, 0.2) is 0 Å². The van der Waals surface area contributed by atoms with Crippen LogP contribution in [0.15, 0.2) is 42.5 Å². The van der Waals surface area contributed by atoms with E-state index in [0.717, 1.165) is 16.3 Å². The molecule has 0 saturated heterocycles. The number of nitrogens with two attached hydrogens (primary N) is 1. The summed E-state index contributed by atoms with van der Waals surface area (Å²) in [5, 5.41) is 2.20. The summed E-state index contributed by atoms with van der Waals surface area (Å²) in [5.74, 6) is -0.421. The summed E-state index contributed by atoms with van der Waals surface area (Å²) in [4.78, 5) is 11.3. The third kappa shape index (κ3) is 2.75. The fourth-order valence-electron chi connectivity index (χ4n) is 1.66. The smallest absolute Gasteiger partial charge is 0.327 e. The standard InChI is InChI=1S/C13H13NO2.ClH/c1-16-13(15)12(14)11-7-6-9-4-2-3-5-10(9)8-11;/h2-8,12H,14H2,1H3;1H/t12-;/m0./s1. The topological polar surface area (TPSA) is 52.3 Å². The Bertz CT molecular complexity index is 528. The highest BCUT2D eigenvalue weighted by molar-refractivity contribution is 5.86. The quantitative estimate of drug-likeness (QED) is 0.834. The molecule has 0 heterocycles. The fourth-order valence-corrected chi connectivity index (χ4v) is 1.66. The summed E-state index contributed by atoms with van der Waals surface area (Å²) in [6.45, 7) is 0. The Hall–Kier alpha value is -1.58. The predicted octanol–water partition coefficient (Wildman–Crippen LogP) is 2.43. The lowest BCUT2D eigenvalue weighted by molar-refractivity contribution is -0.142. The van der Waals surface area contributed by atoms with E-state index in [-0.39, 0.29) is 12.4 Å². The normalized spacial score (nSPS) is 11.6. The van der Waals surface area contributed by atoms with Crippen molar-refractivity contribution in [2.24, 2.45) is 5.73 Å². The SMILES string of the molecule is COC(=O)[C@@H](N)c1ccc2ccccc2c1.Cl. The Kier molecular flexibility index (Phi) is 4.49. The van der Waals surface area contributed by atoms with Crippen molar-refractivity contribution in [2.75, 3.05) is 7.11 Å². The lowest BCUT2D eigenvalue weighted by Crippen LogP contribution is -2.22. The number of carbonyl (C=O) groups excluding carboxylic acids is 1. The monoisotopic (exact) mass is 251 g/mol. The number of hydrogen-bond donors (Lipinski definition) is 1. The van der Waals surface area contributed by atoms with Crippen LogP contribution in [0.4, 0.5) is 0 Å². The molecule has 17 heavy (non-hydrogen) atoms. The van der Waals surface area contributed by atoms with Crippen molar-refractivity contribution < 1.29 is 9.53 Å². The van der Waals surface area contributed by atoms with Crippen LogP contribution in [0, 0.1) is 0 Å². The molecule has 2 N–H and O–H groups in total. The van der Waals surface area contributed by atoms with Crippen molar-refractivity contribution in [3.05, 3.63) is 48.0 Å². The summed E-state index contributed by atoms with van der Waals surface area (Å²) >= 11 is 0. The van der Waals surface area contributed by atoms with E-state index >= 15 is 0 Å². The van der Waals surface area contributed by atoms with E-state index in [1.807, 2.05) is 42.5 Å². The summed E-state index contributed by atoms with van der Waals surface area (Å²) < 4.78 is 4.61. The van der Waals surface area contributed by atoms with E-state index in [9.17, 15) is 4.79 Å². The number of esters is 1. The van der Waals surface area contributed by atoms with Gasteiger partial charge >= 0.3 is 5.97 Å². The first-order valence-corrected chi connectivity index (χ1v) is 5.04. The van der Waals surface area contributed by atoms with Crippen LogP contribution in [0.25, 0.3) is 10.8 Å². The van der Waals surface area contributed by atoms with E-state index in [4.69, 9.17) is 5.73 Å². The molecule has 2 aromatic rings. The number of hydrogen-bond acceptors (Lipinski definition) is 3. The molecule has 0 aliphatic rings. The number of benzene rings is 2. The Morgan fingerprint density at radius 3 is 2.47 bits per heavy atom. The molecule has 4 heteroatoms. The number of rotatable bonds is 2. The Labute approximate surface area is 106 Å². The third-order valence-corrected chi connectivity index (χ3v) is 2.59. The minimum absolute atomic E-state index is 0. The van der Waals surface area contributed by atoms with Gasteiger partial charge in [-0.15, -0.1) is 12.4 Å². The number of ether oxygens (including phenoxy) is 1. The second kappa shape index (κ2) is 5.66. The van der Waals surface area contributed by atoms with Crippen molar-refractivity contribution in [1.29, 1.82) is 0 Å². The minimum atomic E-state index is -0.713. The first-order valence-electron chi connectivity index (χ1n) is 5.04. The van der Waals surface area contributed by atoms with Crippen LogP contribution in [-0.2, 0) is 9.53 Å². The van der Waals surface area contributed by atoms with E-state index < -0.39 is 12.0 Å². The molecule has 0 unspecified atom stereocenters. The van der Waals surface area contributed by atoms with Gasteiger partial charge in [-0.05, 0) is 22.4 Å². The van der Waals surface area contributed by atoms with Crippen LogP contribution in [0.1, 0.15) is 11.6 Å². The zero-order chi connectivity index (χ0) is 11.5. The van der Waals surface area contributed by atoms with Crippen LogP contribution in [0.2, 0.25) is 0 Å². The minimum Gasteiger partial charge on any atom is -0.468 e. The predicted molar refractivity (Wildman–Crippen MR) is 70.1 cm³/mol. The van der Waals surface area contributed by atoms with E-state index in [1.165, 1.54) is 7.11 Å². The third-order valence-electron chi connectivity index (χ3n) is 2.59. The molecule has 0 spiro atoms. The molecule has 0 amide bonds. The second-order valence-electron chi connectivity index (χ2n) is 3.61. The molecule has 0 aliphatic heterocycles. The van der Waals surface area contributed by atoms with Crippen LogP contribution in [-0.4, -0.2) is 13.1 Å². The number of methoxy groups -OCH3 is 1. The van der Waals surface area contributed by atoms with Gasteiger partial charge < -0.3 is 10.5 Å². The van der Waals surface area contributed by atoms with Gasteiger partial charge in [0.25, 0.3) is 0 Å². The van der Waals surface area contributed by atoms with Crippen LogP contribution in [0.5, 0.6) is 0 Å². The van der Waals surface area contributed by atoms with E-state index in [0.29, 0.717) is 0 Å². The molecule has 90 valence electrons. The largest absolute Gasteiger partial charge is 0.468 e. The maximum Gasteiger partial charge on any atom is 0.327 e. The van der Waals surface area contributed by atoms with Gasteiger partial charge in [0.2, 0.25) is 0 Å². The molecule has 2 aromatic carbocycles. The molecule has 0 saturated carbocycles. The summed E-state index contributed by atoms with van der Waals surface area (Å²) in [6, 6.07) is 12.9. The highest BCUT2D eigenvalue weighted by Crippen LogP contribution is 2.19. The highest BCUT2D eigenvalue weighted by Gasteiger charge is 2.15. The van der Waals surface area contributed by atoms with Gasteiger partial charge in [-0.2, -0.15) is 0 Å². The lowest BCUT2D eigenvalue weighted by Gasteiger charge is -2.10. The number of halogens is 1. The van der Waals surface area contributed by atoms with E-state index in [2.05, 4.69) is 4.74 Å². The molecular weight excluding hydrogens is 238 g/mol. The maximum atomic E-state index is 11.3. The highest BCUT2D eigenvalue weighted by atomic mass is 35.5. The molecule has 0 fully saturated rings. The summed E-state index contributed by atoms with van der Waals surface area (Å²) in [6.07, 6.45) is 0. The second-order valence-corrected chi connectivity index (χ2v) is 3.61.